The largest absolute Gasteiger partial charge is 0.325 e. The summed E-state index contributed by atoms with van der Waals surface area (Å²) in [5.41, 5.74) is 2.32. The first-order chi connectivity index (χ1) is 11.2. The minimum Gasteiger partial charge on any atom is -0.325 e. The van der Waals surface area contributed by atoms with Crippen molar-refractivity contribution in [3.63, 3.8) is 0 Å². The van der Waals surface area contributed by atoms with Crippen LogP contribution in [-0.4, -0.2) is 41.6 Å². The fourth-order valence-corrected chi connectivity index (χ4v) is 3.46. The van der Waals surface area contributed by atoms with Gasteiger partial charge in [0.05, 0.1) is 11.4 Å². The summed E-state index contributed by atoms with van der Waals surface area (Å²) in [6.45, 7) is 2.06. The highest BCUT2D eigenvalue weighted by atomic mass is 32.1. The lowest BCUT2D eigenvalue weighted by atomic mass is 10.2. The van der Waals surface area contributed by atoms with E-state index >= 15 is 0 Å². The van der Waals surface area contributed by atoms with Crippen molar-refractivity contribution in [2.24, 2.45) is 0 Å². The lowest BCUT2D eigenvalue weighted by molar-refractivity contribution is -0.117. The zero-order chi connectivity index (χ0) is 16.2. The number of rotatable bonds is 4. The number of hydrogen-bond acceptors (Lipinski definition) is 5. The Kier molecular flexibility index (Phi) is 4.71. The fourth-order valence-electron chi connectivity index (χ4n) is 2.53. The van der Waals surface area contributed by atoms with Gasteiger partial charge in [0.2, 0.25) is 5.91 Å². The molecule has 2 amide bonds. The maximum absolute atomic E-state index is 12.1. The summed E-state index contributed by atoms with van der Waals surface area (Å²) in [6.07, 6.45) is 5.17. The summed E-state index contributed by atoms with van der Waals surface area (Å²) in [5, 5.41) is 12.4. The van der Waals surface area contributed by atoms with Crippen LogP contribution < -0.4 is 10.8 Å². The third-order valence-electron chi connectivity index (χ3n) is 3.63. The average Bonchev–Trinajstić information content (AvgIpc) is 2.98. The number of hydroxylamine groups is 1. The molecule has 3 N–H and O–H groups in total. The van der Waals surface area contributed by atoms with Gasteiger partial charge in [0.1, 0.15) is 0 Å². The lowest BCUT2D eigenvalue weighted by Gasteiger charge is -2.22. The number of carbonyl (C=O) groups excluding carboxylic acids is 2. The predicted molar refractivity (Wildman–Crippen MR) is 89.9 cm³/mol. The topological polar surface area (TPSA) is 81.7 Å². The minimum absolute atomic E-state index is 0.0526. The zero-order valence-corrected chi connectivity index (χ0v) is 13.2. The van der Waals surface area contributed by atoms with Gasteiger partial charge in [0.15, 0.2) is 0 Å². The molecule has 0 atom stereocenters. The summed E-state index contributed by atoms with van der Waals surface area (Å²) >= 11 is 1.29. The molecule has 0 radical (unpaired) electrons. The molecular weight excluding hydrogens is 314 g/mol. The molecule has 120 valence electrons. The van der Waals surface area contributed by atoms with E-state index < -0.39 is 5.91 Å². The van der Waals surface area contributed by atoms with E-state index in [1.807, 2.05) is 18.2 Å². The highest BCUT2D eigenvalue weighted by molar-refractivity contribution is 7.20. The van der Waals surface area contributed by atoms with E-state index in [9.17, 15) is 9.59 Å². The van der Waals surface area contributed by atoms with E-state index in [2.05, 4.69) is 22.4 Å². The van der Waals surface area contributed by atoms with Crippen molar-refractivity contribution in [1.82, 2.24) is 10.4 Å². The van der Waals surface area contributed by atoms with Crippen molar-refractivity contribution < 1.29 is 14.8 Å². The van der Waals surface area contributed by atoms with Crippen LogP contribution in [0.2, 0.25) is 0 Å². The molecule has 0 unspecified atom stereocenters. The van der Waals surface area contributed by atoms with E-state index in [0.29, 0.717) is 17.1 Å². The predicted octanol–water partition coefficient (Wildman–Crippen LogP) is 2.22. The zero-order valence-electron chi connectivity index (χ0n) is 12.4. The van der Waals surface area contributed by atoms with E-state index in [1.54, 1.807) is 11.5 Å². The van der Waals surface area contributed by atoms with Gasteiger partial charge in [0.25, 0.3) is 5.91 Å². The number of anilines is 1. The quantitative estimate of drug-likeness (QED) is 0.456. The molecule has 6 nitrogen and oxygen atoms in total. The maximum Gasteiger partial charge on any atom is 0.284 e. The Balaban J connectivity index is 1.68. The van der Waals surface area contributed by atoms with Crippen LogP contribution in [0.5, 0.6) is 0 Å². The van der Waals surface area contributed by atoms with E-state index in [1.165, 1.54) is 11.3 Å². The van der Waals surface area contributed by atoms with E-state index in [4.69, 9.17) is 5.21 Å². The van der Waals surface area contributed by atoms with Gasteiger partial charge in [-0.2, -0.15) is 0 Å². The van der Waals surface area contributed by atoms with Gasteiger partial charge in [0, 0.05) is 23.5 Å². The molecule has 3 rings (SSSR count). The minimum atomic E-state index is -0.532. The molecule has 1 aliphatic heterocycles. The molecule has 1 aromatic heterocycles. The van der Waals surface area contributed by atoms with Crippen molar-refractivity contribution in [3.8, 4) is 0 Å². The number of thiophene rings is 1. The molecule has 0 saturated carbocycles. The number of hydrogen-bond donors (Lipinski definition) is 3. The molecule has 1 aliphatic rings. The van der Waals surface area contributed by atoms with Crippen LogP contribution in [-0.2, 0) is 4.79 Å². The summed E-state index contributed by atoms with van der Waals surface area (Å²) in [5.74, 6) is -0.585. The first-order valence-electron chi connectivity index (χ1n) is 7.31. The Hall–Kier alpha value is -2.22. The highest BCUT2D eigenvalue weighted by Gasteiger charge is 2.13. The fraction of sp³-hybridized carbons (Fsp3) is 0.250. The van der Waals surface area contributed by atoms with Gasteiger partial charge in [-0.15, -0.1) is 11.3 Å². The standard InChI is InChI=1S/C16H17N3O3S/c20-15(10-19-6-2-1-3-7-19)17-12-4-5-13-11(8-12)9-14(23-13)16(21)18-22/h1-2,4-5,8-9,22H,3,6-7,10H2,(H,17,20)(H,18,21). The smallest absolute Gasteiger partial charge is 0.284 e. The Morgan fingerprint density at radius 3 is 2.87 bits per heavy atom. The van der Waals surface area contributed by atoms with Crippen LogP contribution in [0, 0.1) is 0 Å². The number of nitrogens with one attached hydrogen (secondary N) is 2. The second-order valence-electron chi connectivity index (χ2n) is 5.35. The average molecular weight is 331 g/mol. The van der Waals surface area contributed by atoms with Crippen LogP contribution >= 0.6 is 11.3 Å². The SMILES string of the molecule is O=C(CN1CC=CCC1)Nc1ccc2sc(C(=O)NO)cc2c1. The van der Waals surface area contributed by atoms with E-state index in [0.717, 1.165) is 29.6 Å². The van der Waals surface area contributed by atoms with Gasteiger partial charge >= 0.3 is 0 Å². The molecule has 1 aromatic carbocycles. The Labute approximate surface area is 137 Å². The lowest BCUT2D eigenvalue weighted by Crippen LogP contribution is -2.35. The van der Waals surface area contributed by atoms with Crippen LogP contribution in [0.4, 0.5) is 5.69 Å². The molecule has 0 bridgehead atoms. The highest BCUT2D eigenvalue weighted by Crippen LogP contribution is 2.28. The van der Waals surface area contributed by atoms with Gasteiger partial charge < -0.3 is 5.32 Å². The molecule has 0 saturated heterocycles. The Morgan fingerprint density at radius 1 is 1.26 bits per heavy atom. The van der Waals surface area contributed by atoms with Gasteiger partial charge in [-0.25, -0.2) is 5.48 Å². The molecule has 0 spiro atoms. The number of nitrogens with zero attached hydrogens (tertiary/aromatic N) is 1. The Bertz CT molecular complexity index is 769. The molecule has 7 heteroatoms. The summed E-state index contributed by atoms with van der Waals surface area (Å²) in [7, 11) is 0. The van der Waals surface area contributed by atoms with Crippen molar-refractivity contribution in [2.45, 2.75) is 6.42 Å². The Morgan fingerprint density at radius 2 is 2.13 bits per heavy atom. The number of carbonyl (C=O) groups is 2. The van der Waals surface area contributed by atoms with Gasteiger partial charge in [-0.05, 0) is 36.1 Å². The molecule has 0 fully saturated rings. The summed E-state index contributed by atoms with van der Waals surface area (Å²) in [6, 6.07) is 7.19. The van der Waals surface area contributed by atoms with Crippen LogP contribution in [0.15, 0.2) is 36.4 Å². The normalized spacial score (nSPS) is 14.8. The van der Waals surface area contributed by atoms with Crippen LogP contribution in [0.3, 0.4) is 0 Å². The van der Waals surface area contributed by atoms with E-state index in [-0.39, 0.29) is 5.91 Å². The second kappa shape index (κ2) is 6.91. The number of benzene rings is 1. The third-order valence-corrected chi connectivity index (χ3v) is 4.75. The number of fused-ring (bicyclic) bond motifs is 1. The van der Waals surface area contributed by atoms with Crippen molar-refractivity contribution in [3.05, 3.63) is 41.3 Å². The number of amides is 2. The third kappa shape index (κ3) is 3.76. The molecular formula is C16H17N3O3S. The van der Waals surface area contributed by atoms with Crippen LogP contribution in [0.25, 0.3) is 10.1 Å². The van der Waals surface area contributed by atoms with Gasteiger partial charge in [-0.1, -0.05) is 12.2 Å². The summed E-state index contributed by atoms with van der Waals surface area (Å²) < 4.78 is 0.919. The van der Waals surface area contributed by atoms with Crippen molar-refractivity contribution in [2.75, 3.05) is 25.0 Å². The molecule has 23 heavy (non-hydrogen) atoms. The summed E-state index contributed by atoms with van der Waals surface area (Å²) in [4.78, 5) is 26.0. The monoisotopic (exact) mass is 331 g/mol. The molecule has 0 aliphatic carbocycles. The van der Waals surface area contributed by atoms with Crippen LogP contribution in [0.1, 0.15) is 16.1 Å². The first-order valence-corrected chi connectivity index (χ1v) is 8.12. The maximum atomic E-state index is 12.1. The molecule has 2 aromatic rings. The van der Waals surface area contributed by atoms with Gasteiger partial charge in [-0.3, -0.25) is 19.7 Å². The van der Waals surface area contributed by atoms with Crippen molar-refractivity contribution in [1.29, 1.82) is 0 Å². The second-order valence-corrected chi connectivity index (χ2v) is 6.43. The molecule has 2 heterocycles. The first kappa shape index (κ1) is 15.7. The van der Waals surface area contributed by atoms with Crippen molar-refractivity contribution >= 4 is 38.9 Å².